The molecule has 0 aliphatic rings. The van der Waals surface area contributed by atoms with E-state index in [0.717, 1.165) is 25.4 Å². The first-order chi connectivity index (χ1) is 12.6. The maximum Gasteiger partial charge on any atom is 0.271 e. The fraction of sp³-hybridized carbons (Fsp3) is 0.421. The van der Waals surface area contributed by atoms with Gasteiger partial charge in [-0.25, -0.2) is 4.68 Å². The Morgan fingerprint density at radius 2 is 1.88 bits per heavy atom. The number of rotatable bonds is 10. The Kier molecular flexibility index (Phi) is 7.82. The standard InChI is InChI=1S/C19H26N4O3/c1-3-22(4-2)13-12-20-19(25)17-10-11-18(24)23(21-17)14-15-26-16-8-6-5-7-9-16/h5-11H,3-4,12-15H2,1-2H3,(H,20,25). The lowest BCUT2D eigenvalue weighted by Gasteiger charge is -2.17. The van der Waals surface area contributed by atoms with Crippen molar-refractivity contribution in [2.24, 2.45) is 0 Å². The molecular weight excluding hydrogens is 332 g/mol. The van der Waals surface area contributed by atoms with E-state index in [1.807, 2.05) is 30.3 Å². The molecule has 0 saturated heterocycles. The van der Waals surface area contributed by atoms with Gasteiger partial charge in [0.2, 0.25) is 0 Å². The lowest BCUT2D eigenvalue weighted by molar-refractivity contribution is 0.0941. The Morgan fingerprint density at radius 1 is 1.15 bits per heavy atom. The summed E-state index contributed by atoms with van der Waals surface area (Å²) in [6, 6.07) is 12.2. The summed E-state index contributed by atoms with van der Waals surface area (Å²) in [5.74, 6) is 0.445. The van der Waals surface area contributed by atoms with Crippen molar-refractivity contribution in [2.45, 2.75) is 20.4 Å². The van der Waals surface area contributed by atoms with Crippen molar-refractivity contribution in [3.8, 4) is 5.75 Å². The van der Waals surface area contributed by atoms with E-state index in [-0.39, 0.29) is 23.7 Å². The fourth-order valence-corrected chi connectivity index (χ4v) is 2.45. The lowest BCUT2D eigenvalue weighted by Crippen LogP contribution is -2.36. The third-order valence-electron chi connectivity index (χ3n) is 4.02. The first-order valence-electron chi connectivity index (χ1n) is 8.90. The molecule has 140 valence electrons. The van der Waals surface area contributed by atoms with Gasteiger partial charge in [0.1, 0.15) is 18.1 Å². The van der Waals surface area contributed by atoms with Gasteiger partial charge in [-0.1, -0.05) is 32.0 Å². The molecule has 0 aliphatic carbocycles. The number of nitrogens with zero attached hydrogens (tertiary/aromatic N) is 3. The van der Waals surface area contributed by atoms with Crippen molar-refractivity contribution in [3.05, 3.63) is 58.5 Å². The molecule has 1 aromatic heterocycles. The van der Waals surface area contributed by atoms with Gasteiger partial charge in [-0.3, -0.25) is 9.59 Å². The summed E-state index contributed by atoms with van der Waals surface area (Å²) >= 11 is 0. The number of para-hydroxylation sites is 1. The number of likely N-dealkylation sites (N-methyl/N-ethyl adjacent to an activating group) is 1. The van der Waals surface area contributed by atoms with Gasteiger partial charge >= 0.3 is 0 Å². The molecule has 0 atom stereocenters. The van der Waals surface area contributed by atoms with Crippen molar-refractivity contribution in [1.29, 1.82) is 0 Å². The summed E-state index contributed by atoms with van der Waals surface area (Å²) < 4.78 is 6.83. The quantitative estimate of drug-likeness (QED) is 0.695. The third kappa shape index (κ3) is 6.00. The second-order valence-corrected chi connectivity index (χ2v) is 5.72. The van der Waals surface area contributed by atoms with Gasteiger partial charge in [0.15, 0.2) is 0 Å². The first kappa shape index (κ1) is 19.7. The number of ether oxygens (including phenoxy) is 1. The Balaban J connectivity index is 1.89. The van der Waals surface area contributed by atoms with E-state index in [2.05, 4.69) is 29.2 Å². The summed E-state index contributed by atoms with van der Waals surface area (Å²) in [7, 11) is 0. The van der Waals surface area contributed by atoms with E-state index < -0.39 is 0 Å². The van der Waals surface area contributed by atoms with Crippen LogP contribution in [0.5, 0.6) is 5.75 Å². The van der Waals surface area contributed by atoms with Crippen LogP contribution in [0.1, 0.15) is 24.3 Å². The van der Waals surface area contributed by atoms with E-state index in [9.17, 15) is 9.59 Å². The van der Waals surface area contributed by atoms with Crippen LogP contribution >= 0.6 is 0 Å². The maximum absolute atomic E-state index is 12.2. The predicted molar refractivity (Wildman–Crippen MR) is 101 cm³/mol. The van der Waals surface area contributed by atoms with Crippen LogP contribution in [0.2, 0.25) is 0 Å². The molecule has 26 heavy (non-hydrogen) atoms. The average molecular weight is 358 g/mol. The summed E-state index contributed by atoms with van der Waals surface area (Å²) in [5.41, 5.74) is -0.0368. The molecule has 0 unspecified atom stereocenters. The van der Waals surface area contributed by atoms with Gasteiger partial charge in [-0.15, -0.1) is 0 Å². The van der Waals surface area contributed by atoms with Crippen LogP contribution in [-0.2, 0) is 6.54 Å². The number of hydrogen-bond donors (Lipinski definition) is 1. The first-order valence-corrected chi connectivity index (χ1v) is 8.90. The van der Waals surface area contributed by atoms with Crippen LogP contribution in [-0.4, -0.2) is 53.4 Å². The van der Waals surface area contributed by atoms with E-state index in [1.165, 1.54) is 16.8 Å². The molecular formula is C19H26N4O3. The highest BCUT2D eigenvalue weighted by atomic mass is 16.5. The third-order valence-corrected chi connectivity index (χ3v) is 4.02. The van der Waals surface area contributed by atoms with Crippen molar-refractivity contribution < 1.29 is 9.53 Å². The van der Waals surface area contributed by atoms with Gasteiger partial charge in [-0.2, -0.15) is 5.10 Å². The number of aromatic nitrogens is 2. The second kappa shape index (κ2) is 10.4. The largest absolute Gasteiger partial charge is 0.492 e. The molecule has 0 saturated carbocycles. The number of nitrogens with one attached hydrogen (secondary N) is 1. The van der Waals surface area contributed by atoms with Crippen molar-refractivity contribution in [1.82, 2.24) is 20.0 Å². The van der Waals surface area contributed by atoms with Crippen LogP contribution in [0.3, 0.4) is 0 Å². The molecule has 0 spiro atoms. The fourth-order valence-electron chi connectivity index (χ4n) is 2.45. The monoisotopic (exact) mass is 358 g/mol. The number of benzene rings is 1. The molecule has 0 aliphatic heterocycles. The lowest BCUT2D eigenvalue weighted by atomic mass is 10.3. The van der Waals surface area contributed by atoms with Crippen molar-refractivity contribution in [3.63, 3.8) is 0 Å². The van der Waals surface area contributed by atoms with Crippen LogP contribution < -0.4 is 15.6 Å². The predicted octanol–water partition coefficient (Wildman–Crippen LogP) is 1.39. The molecule has 0 radical (unpaired) electrons. The molecule has 7 nitrogen and oxygen atoms in total. The molecule has 0 bridgehead atoms. The molecule has 1 amide bonds. The Morgan fingerprint density at radius 3 is 2.58 bits per heavy atom. The van der Waals surface area contributed by atoms with Crippen LogP contribution in [0.25, 0.3) is 0 Å². The minimum absolute atomic E-state index is 0.226. The zero-order valence-electron chi connectivity index (χ0n) is 15.4. The molecule has 2 aromatic rings. The van der Waals surface area contributed by atoms with Gasteiger partial charge < -0.3 is 15.0 Å². The highest BCUT2D eigenvalue weighted by Gasteiger charge is 2.10. The highest BCUT2D eigenvalue weighted by Crippen LogP contribution is 2.07. The summed E-state index contributed by atoms with van der Waals surface area (Å²) in [6.45, 7) is 7.94. The Bertz CT molecular complexity index is 742. The Labute approximate surface area is 153 Å². The summed E-state index contributed by atoms with van der Waals surface area (Å²) in [6.07, 6.45) is 0. The number of hydrogen-bond acceptors (Lipinski definition) is 5. The molecule has 2 rings (SSSR count). The molecule has 1 N–H and O–H groups in total. The van der Waals surface area contributed by atoms with E-state index in [4.69, 9.17) is 4.74 Å². The highest BCUT2D eigenvalue weighted by molar-refractivity contribution is 5.91. The SMILES string of the molecule is CCN(CC)CCNC(=O)c1ccc(=O)n(CCOc2ccccc2)n1. The molecule has 1 heterocycles. The second-order valence-electron chi connectivity index (χ2n) is 5.72. The zero-order valence-corrected chi connectivity index (χ0v) is 15.4. The number of amides is 1. The van der Waals surface area contributed by atoms with Crippen molar-refractivity contribution >= 4 is 5.91 Å². The minimum atomic E-state index is -0.283. The van der Waals surface area contributed by atoms with Crippen LogP contribution in [0.4, 0.5) is 0 Å². The summed E-state index contributed by atoms with van der Waals surface area (Å²) in [5, 5.41) is 6.98. The molecule has 7 heteroatoms. The van der Waals surface area contributed by atoms with Gasteiger partial charge in [0, 0.05) is 19.2 Å². The zero-order chi connectivity index (χ0) is 18.8. The van der Waals surface area contributed by atoms with E-state index in [1.54, 1.807) is 0 Å². The van der Waals surface area contributed by atoms with E-state index in [0.29, 0.717) is 13.2 Å². The average Bonchev–Trinajstić information content (AvgIpc) is 2.67. The normalized spacial score (nSPS) is 10.7. The topological polar surface area (TPSA) is 76.5 Å². The maximum atomic E-state index is 12.2. The Hall–Kier alpha value is -2.67. The molecule has 0 fully saturated rings. The van der Waals surface area contributed by atoms with Gasteiger partial charge in [-0.05, 0) is 31.3 Å². The number of carbonyl (C=O) groups is 1. The van der Waals surface area contributed by atoms with Gasteiger partial charge in [0.05, 0.1) is 6.54 Å². The summed E-state index contributed by atoms with van der Waals surface area (Å²) in [4.78, 5) is 26.4. The van der Waals surface area contributed by atoms with Crippen LogP contribution in [0, 0.1) is 0 Å². The molecule has 1 aromatic carbocycles. The van der Waals surface area contributed by atoms with Gasteiger partial charge in [0.25, 0.3) is 11.5 Å². The smallest absolute Gasteiger partial charge is 0.271 e. The van der Waals surface area contributed by atoms with Crippen LogP contribution in [0.15, 0.2) is 47.3 Å². The number of carbonyl (C=O) groups excluding carboxylic acids is 1. The van der Waals surface area contributed by atoms with Crippen molar-refractivity contribution in [2.75, 3.05) is 32.8 Å². The van der Waals surface area contributed by atoms with E-state index >= 15 is 0 Å². The minimum Gasteiger partial charge on any atom is -0.492 e.